The molecule has 0 saturated heterocycles. The molecule has 0 atom stereocenters. The van der Waals surface area contributed by atoms with E-state index in [-0.39, 0.29) is 0 Å². The zero-order valence-electron chi connectivity index (χ0n) is 13.1. The van der Waals surface area contributed by atoms with Gasteiger partial charge < -0.3 is 15.5 Å². The molecule has 21 heavy (non-hydrogen) atoms. The van der Waals surface area contributed by atoms with Crippen LogP contribution in [0.1, 0.15) is 51.8 Å². The van der Waals surface area contributed by atoms with Crippen LogP contribution >= 0.6 is 0 Å². The topological polar surface area (TPSA) is 85.1 Å². The predicted molar refractivity (Wildman–Crippen MR) is 84.9 cm³/mol. The number of nitrogens with one attached hydrogen (secondary N) is 2. The van der Waals surface area contributed by atoms with Gasteiger partial charge in [0.25, 0.3) is 0 Å². The number of ether oxygens (including phenoxy) is 1. The van der Waals surface area contributed by atoms with Gasteiger partial charge in [-0.3, -0.25) is 0 Å². The van der Waals surface area contributed by atoms with Crippen molar-refractivity contribution in [1.29, 1.82) is 0 Å². The van der Waals surface area contributed by atoms with Crippen molar-refractivity contribution in [3.8, 4) is 0 Å². The first-order valence-electron chi connectivity index (χ1n) is 7.87. The van der Waals surface area contributed by atoms with Crippen LogP contribution in [0.5, 0.6) is 0 Å². The van der Waals surface area contributed by atoms with E-state index in [1.54, 1.807) is 0 Å². The molecule has 6 heteroatoms. The Balaban J connectivity index is 2.04. The van der Waals surface area contributed by atoms with E-state index in [9.17, 15) is 0 Å². The summed E-state index contributed by atoms with van der Waals surface area (Å²) in [6, 6.07) is 1.84. The van der Waals surface area contributed by atoms with Gasteiger partial charge in [-0.25, -0.2) is 15.8 Å². The zero-order valence-corrected chi connectivity index (χ0v) is 13.1. The third-order valence-corrected chi connectivity index (χ3v) is 4.41. The van der Waals surface area contributed by atoms with Gasteiger partial charge in [0.1, 0.15) is 18.2 Å². The van der Waals surface area contributed by atoms with Crippen LogP contribution in [0, 0.1) is 5.41 Å². The molecular formula is C15H27N5O. The summed E-state index contributed by atoms with van der Waals surface area (Å²) >= 11 is 0. The van der Waals surface area contributed by atoms with Gasteiger partial charge >= 0.3 is 0 Å². The summed E-state index contributed by atoms with van der Waals surface area (Å²) < 4.78 is 5.37. The molecule has 0 radical (unpaired) electrons. The van der Waals surface area contributed by atoms with Crippen molar-refractivity contribution in [2.24, 2.45) is 11.3 Å². The molecule has 0 spiro atoms. The molecule has 1 saturated carbocycles. The van der Waals surface area contributed by atoms with E-state index in [0.717, 1.165) is 12.4 Å². The van der Waals surface area contributed by atoms with Crippen molar-refractivity contribution in [2.45, 2.75) is 52.6 Å². The van der Waals surface area contributed by atoms with Crippen LogP contribution in [0.15, 0.2) is 6.07 Å². The van der Waals surface area contributed by atoms with Crippen LogP contribution in [-0.4, -0.2) is 23.1 Å². The highest BCUT2D eigenvalue weighted by atomic mass is 16.5. The monoisotopic (exact) mass is 293 g/mol. The highest BCUT2D eigenvalue weighted by molar-refractivity contribution is 5.47. The molecular weight excluding hydrogens is 266 g/mol. The van der Waals surface area contributed by atoms with Crippen molar-refractivity contribution in [1.82, 2.24) is 9.97 Å². The average Bonchev–Trinajstić information content (AvgIpc) is 3.00. The second-order valence-corrected chi connectivity index (χ2v) is 5.75. The molecule has 1 fully saturated rings. The predicted octanol–water partition coefficient (Wildman–Crippen LogP) is 2.68. The molecule has 1 heterocycles. The minimum absolute atomic E-state index is 0.402. The van der Waals surface area contributed by atoms with Gasteiger partial charge in [0.15, 0.2) is 5.82 Å². The van der Waals surface area contributed by atoms with Gasteiger partial charge in [-0.2, -0.15) is 0 Å². The van der Waals surface area contributed by atoms with Crippen molar-refractivity contribution < 1.29 is 4.74 Å². The van der Waals surface area contributed by atoms with E-state index in [2.05, 4.69) is 27.6 Å². The van der Waals surface area contributed by atoms with Crippen molar-refractivity contribution >= 4 is 11.6 Å². The quantitative estimate of drug-likeness (QED) is 0.505. The molecule has 2 rings (SSSR count). The molecule has 0 amide bonds. The Morgan fingerprint density at radius 3 is 2.57 bits per heavy atom. The third-order valence-electron chi connectivity index (χ3n) is 4.41. The number of aromatic nitrogens is 2. The summed E-state index contributed by atoms with van der Waals surface area (Å²) in [5.74, 6) is 7.55. The fourth-order valence-electron chi connectivity index (χ4n) is 2.98. The van der Waals surface area contributed by atoms with Crippen molar-refractivity contribution in [3.05, 3.63) is 11.9 Å². The van der Waals surface area contributed by atoms with Gasteiger partial charge in [0.2, 0.25) is 0 Å². The summed E-state index contributed by atoms with van der Waals surface area (Å²) in [4.78, 5) is 8.80. The molecule has 0 unspecified atom stereocenters. The van der Waals surface area contributed by atoms with Crippen LogP contribution in [0.25, 0.3) is 0 Å². The van der Waals surface area contributed by atoms with Gasteiger partial charge in [-0.1, -0.05) is 19.8 Å². The Labute approximate surface area is 126 Å². The number of hydrazine groups is 1. The van der Waals surface area contributed by atoms with E-state index >= 15 is 0 Å². The Bertz CT molecular complexity index is 446. The van der Waals surface area contributed by atoms with E-state index in [1.807, 2.05) is 13.0 Å². The smallest absolute Gasteiger partial charge is 0.158 e. The number of hydrogen-bond donors (Lipinski definition) is 3. The van der Waals surface area contributed by atoms with Crippen molar-refractivity contribution in [3.63, 3.8) is 0 Å². The van der Waals surface area contributed by atoms with Crippen LogP contribution in [0.3, 0.4) is 0 Å². The molecule has 118 valence electrons. The van der Waals surface area contributed by atoms with Crippen LogP contribution in [0.2, 0.25) is 0 Å². The lowest BCUT2D eigenvalue weighted by Gasteiger charge is -2.28. The molecule has 0 aliphatic heterocycles. The molecule has 1 aromatic rings. The maximum atomic E-state index is 5.48. The maximum absolute atomic E-state index is 5.48. The van der Waals surface area contributed by atoms with E-state index in [4.69, 9.17) is 10.6 Å². The molecule has 1 aliphatic rings. The lowest BCUT2D eigenvalue weighted by molar-refractivity contribution is 0.128. The first-order valence-corrected chi connectivity index (χ1v) is 7.87. The van der Waals surface area contributed by atoms with E-state index in [1.165, 1.54) is 32.1 Å². The third kappa shape index (κ3) is 4.28. The Morgan fingerprint density at radius 2 is 1.95 bits per heavy atom. The van der Waals surface area contributed by atoms with Gasteiger partial charge in [0, 0.05) is 19.2 Å². The van der Waals surface area contributed by atoms with Crippen molar-refractivity contribution in [2.75, 3.05) is 23.9 Å². The molecule has 1 aromatic heterocycles. The van der Waals surface area contributed by atoms with Crippen LogP contribution in [0.4, 0.5) is 11.6 Å². The molecule has 0 bridgehead atoms. The van der Waals surface area contributed by atoms with E-state index in [0.29, 0.717) is 30.3 Å². The highest BCUT2D eigenvalue weighted by Gasteiger charge is 2.31. The first kappa shape index (κ1) is 16.0. The standard InChI is InChI=1S/C15H27N5O/c1-3-15(7-5-6-8-15)11-17-12-9-13(20-16)19-14(18-12)10-21-4-2/h9H,3-8,10-11,16H2,1-2H3,(H2,17,18,19,20). The SMILES string of the molecule is CCOCc1nc(NN)cc(NCC2(CC)CCCC2)n1. The van der Waals surface area contributed by atoms with Gasteiger partial charge in [-0.15, -0.1) is 0 Å². The first-order chi connectivity index (χ1) is 10.2. The lowest BCUT2D eigenvalue weighted by Crippen LogP contribution is -2.26. The fraction of sp³-hybridized carbons (Fsp3) is 0.733. The number of rotatable bonds is 8. The second-order valence-electron chi connectivity index (χ2n) is 5.75. The summed E-state index contributed by atoms with van der Waals surface area (Å²) in [6.45, 7) is 6.24. The fourth-order valence-corrected chi connectivity index (χ4v) is 2.98. The Kier molecular flexibility index (Phi) is 5.76. The zero-order chi connectivity index (χ0) is 15.1. The van der Waals surface area contributed by atoms with Gasteiger partial charge in [-0.05, 0) is 31.6 Å². The maximum Gasteiger partial charge on any atom is 0.158 e. The minimum Gasteiger partial charge on any atom is -0.374 e. The Hall–Kier alpha value is -1.40. The van der Waals surface area contributed by atoms with E-state index < -0.39 is 0 Å². The average molecular weight is 293 g/mol. The van der Waals surface area contributed by atoms with Crippen LogP contribution < -0.4 is 16.6 Å². The number of nitrogens with two attached hydrogens (primary N) is 1. The molecule has 4 N–H and O–H groups in total. The summed E-state index contributed by atoms with van der Waals surface area (Å²) in [5, 5.41) is 3.47. The summed E-state index contributed by atoms with van der Waals surface area (Å²) in [6.07, 6.45) is 6.48. The number of nitrogens with zero attached hydrogens (tertiary/aromatic N) is 2. The number of nitrogen functional groups attached to an aromatic ring is 1. The minimum atomic E-state index is 0.402. The molecule has 6 nitrogen and oxygen atoms in total. The number of hydrogen-bond acceptors (Lipinski definition) is 6. The largest absolute Gasteiger partial charge is 0.374 e. The lowest BCUT2D eigenvalue weighted by atomic mass is 9.83. The van der Waals surface area contributed by atoms with Crippen LogP contribution in [-0.2, 0) is 11.3 Å². The normalized spacial score (nSPS) is 16.9. The Morgan fingerprint density at radius 1 is 1.24 bits per heavy atom. The second kappa shape index (κ2) is 7.56. The number of anilines is 2. The summed E-state index contributed by atoms with van der Waals surface area (Å²) in [5.41, 5.74) is 3.01. The molecule has 1 aliphatic carbocycles. The summed E-state index contributed by atoms with van der Waals surface area (Å²) in [7, 11) is 0. The van der Waals surface area contributed by atoms with Gasteiger partial charge in [0.05, 0.1) is 0 Å². The highest BCUT2D eigenvalue weighted by Crippen LogP contribution is 2.40. The molecule has 0 aromatic carbocycles.